The van der Waals surface area contributed by atoms with Gasteiger partial charge < -0.3 is 9.26 Å². The lowest BCUT2D eigenvalue weighted by molar-refractivity contribution is 0.00317. The molecule has 1 N–H and O–H groups in total. The molecule has 1 aliphatic rings. The summed E-state index contributed by atoms with van der Waals surface area (Å²) in [4.78, 5) is 30.9. The molecule has 7 nitrogen and oxygen atoms in total. The molecule has 0 aliphatic carbocycles. The van der Waals surface area contributed by atoms with Crippen molar-refractivity contribution < 1.29 is 9.26 Å². The first-order chi connectivity index (χ1) is 14.5. The molecule has 1 aromatic heterocycles. The molecule has 1 saturated heterocycles. The molecule has 8 heteroatoms. The Bertz CT molecular complexity index is 935. The summed E-state index contributed by atoms with van der Waals surface area (Å²) in [7, 11) is -0.661. The van der Waals surface area contributed by atoms with Crippen LogP contribution in [0.3, 0.4) is 0 Å². The van der Waals surface area contributed by atoms with E-state index in [-0.39, 0.29) is 17.6 Å². The number of nitrogens with zero attached hydrogens (tertiary/aromatic N) is 2. The third-order valence-corrected chi connectivity index (χ3v) is 6.33. The molecule has 0 bridgehead atoms. The SMILES string of the molecule is C#CCCCCC#Cc1cn([C@H]2CC(CP(C)O/C=N/CC)[C@@H](C)O2)c(=O)[nH]c1=O. The van der Waals surface area contributed by atoms with Crippen LogP contribution in [0, 0.1) is 30.1 Å². The van der Waals surface area contributed by atoms with Crippen LogP contribution in [0.15, 0.2) is 20.8 Å². The van der Waals surface area contributed by atoms with Crippen LogP contribution in [0.25, 0.3) is 0 Å². The van der Waals surface area contributed by atoms with E-state index in [9.17, 15) is 9.59 Å². The molecular weight excluding hydrogens is 401 g/mol. The zero-order valence-corrected chi connectivity index (χ0v) is 18.8. The van der Waals surface area contributed by atoms with Crippen molar-refractivity contribution >= 4 is 14.5 Å². The molecule has 0 radical (unpaired) electrons. The molecule has 2 unspecified atom stereocenters. The lowest BCUT2D eigenvalue weighted by Crippen LogP contribution is -2.33. The first-order valence-corrected chi connectivity index (χ1v) is 12.1. The van der Waals surface area contributed by atoms with Crippen LogP contribution in [0.4, 0.5) is 0 Å². The van der Waals surface area contributed by atoms with Crippen LogP contribution in [-0.4, -0.2) is 41.4 Å². The van der Waals surface area contributed by atoms with E-state index < -0.39 is 25.6 Å². The molecule has 1 aliphatic heterocycles. The molecule has 0 aromatic carbocycles. The van der Waals surface area contributed by atoms with Crippen LogP contribution in [0.1, 0.15) is 57.7 Å². The number of ether oxygens (including phenoxy) is 1. The van der Waals surface area contributed by atoms with Gasteiger partial charge in [0.05, 0.1) is 14.3 Å². The minimum Gasteiger partial charge on any atom is -0.464 e. The monoisotopic (exact) mass is 431 g/mol. The Balaban J connectivity index is 2.06. The number of hydrogen-bond donors (Lipinski definition) is 1. The van der Waals surface area contributed by atoms with Gasteiger partial charge in [0.25, 0.3) is 5.56 Å². The molecule has 4 atom stereocenters. The van der Waals surface area contributed by atoms with Crippen LogP contribution < -0.4 is 11.2 Å². The second kappa shape index (κ2) is 12.4. The topological polar surface area (TPSA) is 85.7 Å². The zero-order chi connectivity index (χ0) is 21.9. The van der Waals surface area contributed by atoms with Crippen molar-refractivity contribution in [2.24, 2.45) is 10.9 Å². The Morgan fingerprint density at radius 2 is 2.20 bits per heavy atom. The fourth-order valence-corrected chi connectivity index (χ4v) is 4.64. The first-order valence-electron chi connectivity index (χ1n) is 10.3. The molecule has 2 heterocycles. The lowest BCUT2D eigenvalue weighted by atomic mass is 10.0. The molecule has 30 heavy (non-hydrogen) atoms. The van der Waals surface area contributed by atoms with E-state index in [2.05, 4.69) is 34.4 Å². The number of rotatable bonds is 9. The van der Waals surface area contributed by atoms with E-state index in [1.165, 1.54) is 17.2 Å². The summed E-state index contributed by atoms with van der Waals surface area (Å²) < 4.78 is 13.1. The molecule has 1 fully saturated rings. The van der Waals surface area contributed by atoms with Gasteiger partial charge in [-0.25, -0.2) is 4.79 Å². The van der Waals surface area contributed by atoms with Gasteiger partial charge >= 0.3 is 5.69 Å². The maximum Gasteiger partial charge on any atom is 0.330 e. The summed E-state index contributed by atoms with van der Waals surface area (Å²) in [5.41, 5.74) is -0.693. The highest BCUT2D eigenvalue weighted by Gasteiger charge is 2.35. The number of aromatic amines is 1. The number of aromatic nitrogens is 2. The molecule has 1 aromatic rings. The largest absolute Gasteiger partial charge is 0.464 e. The highest BCUT2D eigenvalue weighted by Crippen LogP contribution is 2.42. The van der Waals surface area contributed by atoms with E-state index in [0.29, 0.717) is 19.4 Å². The Kier molecular flexibility index (Phi) is 9.87. The normalized spacial score (nSPS) is 21.7. The van der Waals surface area contributed by atoms with E-state index in [0.717, 1.165) is 25.4 Å². The molecule has 0 saturated carbocycles. The van der Waals surface area contributed by atoms with E-state index >= 15 is 0 Å². The van der Waals surface area contributed by atoms with Gasteiger partial charge in [0, 0.05) is 31.7 Å². The number of hydrogen-bond acceptors (Lipinski definition) is 5. The maximum absolute atomic E-state index is 12.4. The van der Waals surface area contributed by atoms with Gasteiger partial charge in [0.2, 0.25) is 0 Å². The summed E-state index contributed by atoms with van der Waals surface area (Å²) in [5.74, 6) is 8.71. The summed E-state index contributed by atoms with van der Waals surface area (Å²) in [6.45, 7) is 6.71. The summed E-state index contributed by atoms with van der Waals surface area (Å²) in [5, 5.41) is 0. The summed E-state index contributed by atoms with van der Waals surface area (Å²) in [6.07, 6.45) is 12.5. The smallest absolute Gasteiger partial charge is 0.330 e. The van der Waals surface area contributed by atoms with Crippen LogP contribution in [0.5, 0.6) is 0 Å². The van der Waals surface area contributed by atoms with Crippen molar-refractivity contribution in [3.05, 3.63) is 32.6 Å². The van der Waals surface area contributed by atoms with Gasteiger partial charge in [0.1, 0.15) is 11.8 Å². The van der Waals surface area contributed by atoms with Crippen molar-refractivity contribution in [2.75, 3.05) is 19.4 Å². The number of nitrogens with one attached hydrogen (secondary N) is 1. The van der Waals surface area contributed by atoms with Gasteiger partial charge in [-0.15, -0.1) is 12.3 Å². The number of terminal acetylenes is 1. The first kappa shape index (κ1) is 23.9. The van der Waals surface area contributed by atoms with Gasteiger partial charge in [-0.2, -0.15) is 0 Å². The highest BCUT2D eigenvalue weighted by molar-refractivity contribution is 7.52. The van der Waals surface area contributed by atoms with Crippen molar-refractivity contribution in [3.8, 4) is 24.2 Å². The van der Waals surface area contributed by atoms with Gasteiger partial charge in [-0.3, -0.25) is 19.3 Å². The minimum absolute atomic E-state index is 0.0174. The Labute approximate surface area is 179 Å². The third-order valence-electron chi connectivity index (χ3n) is 4.89. The van der Waals surface area contributed by atoms with Gasteiger partial charge in [-0.05, 0) is 45.7 Å². The predicted octanol–water partition coefficient (Wildman–Crippen LogP) is 3.10. The molecular formula is C22H30N3O4P. The Morgan fingerprint density at radius 3 is 2.93 bits per heavy atom. The van der Waals surface area contributed by atoms with Gasteiger partial charge in [-0.1, -0.05) is 11.8 Å². The summed E-state index contributed by atoms with van der Waals surface area (Å²) >= 11 is 0. The fraction of sp³-hybridized carbons (Fsp3) is 0.591. The number of H-pyrrole nitrogens is 1. The molecule has 162 valence electrons. The second-order valence-corrected chi connectivity index (χ2v) is 9.07. The van der Waals surface area contributed by atoms with E-state index in [4.69, 9.17) is 15.7 Å². The van der Waals surface area contributed by atoms with Crippen LogP contribution in [-0.2, 0) is 9.26 Å². The zero-order valence-electron chi connectivity index (χ0n) is 17.9. The van der Waals surface area contributed by atoms with E-state index in [1.54, 1.807) is 0 Å². The van der Waals surface area contributed by atoms with Crippen molar-refractivity contribution in [2.45, 2.75) is 58.3 Å². The molecule has 2 rings (SSSR count). The molecule has 0 amide bonds. The number of unbranched alkanes of at least 4 members (excludes halogenated alkanes) is 3. The van der Waals surface area contributed by atoms with Crippen molar-refractivity contribution in [3.63, 3.8) is 0 Å². The second-order valence-electron chi connectivity index (χ2n) is 7.23. The quantitative estimate of drug-likeness (QED) is 0.214. The van der Waals surface area contributed by atoms with Crippen LogP contribution >= 0.6 is 8.15 Å². The maximum atomic E-state index is 12.4. The predicted molar refractivity (Wildman–Crippen MR) is 121 cm³/mol. The van der Waals surface area contributed by atoms with E-state index in [1.807, 2.05) is 13.8 Å². The van der Waals surface area contributed by atoms with Crippen LogP contribution in [0.2, 0.25) is 0 Å². The van der Waals surface area contributed by atoms with Crippen molar-refractivity contribution in [1.29, 1.82) is 0 Å². The molecule has 0 spiro atoms. The minimum atomic E-state index is -0.661. The standard InChI is InChI=1S/C22H30N3O4P/c1-5-7-8-9-10-11-12-18-14-25(22(27)24-21(18)26)20-13-19(17(3)29-20)15-30(4)28-16-23-6-2/h1,14,16-17,19-20H,6-10,13,15H2,2-4H3,(H,24,26,27)/b23-16+/t17-,19?,20-,30?/m1/s1. The Hall–Kier alpha value is -2.34. The average Bonchev–Trinajstić information content (AvgIpc) is 3.06. The Morgan fingerprint density at radius 1 is 1.43 bits per heavy atom. The lowest BCUT2D eigenvalue weighted by Gasteiger charge is -2.17. The average molecular weight is 431 g/mol. The fourth-order valence-electron chi connectivity index (χ4n) is 3.22. The van der Waals surface area contributed by atoms with Gasteiger partial charge in [0.15, 0.2) is 6.40 Å². The summed E-state index contributed by atoms with van der Waals surface area (Å²) in [6, 6.07) is 0. The van der Waals surface area contributed by atoms with Crippen molar-refractivity contribution in [1.82, 2.24) is 9.55 Å². The number of aliphatic imine (C=N–C) groups is 1. The highest BCUT2D eigenvalue weighted by atomic mass is 31.1. The third kappa shape index (κ3) is 7.17.